The topological polar surface area (TPSA) is 31.2 Å². The number of hydrogen-bond acceptors (Lipinski definition) is 2. The van der Waals surface area contributed by atoms with Crippen LogP contribution in [-0.2, 0) is 6.54 Å². The molecular formula is C20H18ClNO2. The Morgan fingerprint density at radius 3 is 2.67 bits per heavy atom. The summed E-state index contributed by atoms with van der Waals surface area (Å²) in [5, 5.41) is 1.65. The number of carbonyl (C=O) groups excluding carboxylic acids is 1. The third kappa shape index (κ3) is 2.92. The largest absolute Gasteiger partial charge is 0.490 e. The van der Waals surface area contributed by atoms with Crippen LogP contribution >= 0.6 is 11.6 Å². The monoisotopic (exact) mass is 339 g/mol. The highest BCUT2D eigenvalue weighted by atomic mass is 35.5. The van der Waals surface area contributed by atoms with Crippen molar-refractivity contribution in [3.05, 3.63) is 65.3 Å². The van der Waals surface area contributed by atoms with Gasteiger partial charge in [-0.3, -0.25) is 4.79 Å². The molecule has 0 radical (unpaired) electrons. The van der Waals surface area contributed by atoms with E-state index in [0.717, 1.165) is 29.3 Å². The van der Waals surface area contributed by atoms with E-state index in [-0.39, 0.29) is 11.7 Å². The highest BCUT2D eigenvalue weighted by Gasteiger charge is 2.32. The molecule has 0 bridgehead atoms. The van der Waals surface area contributed by atoms with Gasteiger partial charge in [-0.15, -0.1) is 0 Å². The van der Waals surface area contributed by atoms with Crippen LogP contribution in [0.4, 0.5) is 0 Å². The molecule has 0 aliphatic heterocycles. The summed E-state index contributed by atoms with van der Waals surface area (Å²) >= 11 is 6.11. The van der Waals surface area contributed by atoms with Gasteiger partial charge >= 0.3 is 0 Å². The quantitative estimate of drug-likeness (QED) is 0.594. The molecule has 1 aliphatic rings. The van der Waals surface area contributed by atoms with Crippen molar-refractivity contribution in [2.75, 3.05) is 6.61 Å². The predicted molar refractivity (Wildman–Crippen MR) is 95.9 cm³/mol. The highest BCUT2D eigenvalue weighted by Crippen LogP contribution is 2.35. The van der Waals surface area contributed by atoms with Crippen molar-refractivity contribution in [2.24, 2.45) is 5.92 Å². The van der Waals surface area contributed by atoms with E-state index in [2.05, 4.69) is 10.6 Å². The lowest BCUT2D eigenvalue weighted by atomic mass is 10.1. The number of benzene rings is 2. The molecule has 122 valence electrons. The van der Waals surface area contributed by atoms with Gasteiger partial charge in [0.15, 0.2) is 5.78 Å². The Morgan fingerprint density at radius 2 is 1.88 bits per heavy atom. The Kier molecular flexibility index (Phi) is 4.03. The van der Waals surface area contributed by atoms with Gasteiger partial charge in [-0.2, -0.15) is 0 Å². The molecule has 2 aromatic carbocycles. The number of Topliss-reactive ketones (excluding diaryl/α,β-unsaturated/α-hetero) is 1. The summed E-state index contributed by atoms with van der Waals surface area (Å²) in [6, 6.07) is 15.5. The van der Waals surface area contributed by atoms with Crippen LogP contribution < -0.4 is 4.74 Å². The fraction of sp³-hybridized carbons (Fsp3) is 0.250. The average molecular weight is 340 g/mol. The first-order valence-corrected chi connectivity index (χ1v) is 8.61. The number of ether oxygens (including phenoxy) is 1. The second-order valence-electron chi connectivity index (χ2n) is 6.17. The molecule has 3 nitrogen and oxygen atoms in total. The molecule has 3 aromatic rings. The van der Waals surface area contributed by atoms with Gasteiger partial charge in [-0.05, 0) is 31.0 Å². The summed E-state index contributed by atoms with van der Waals surface area (Å²) in [7, 11) is 0. The highest BCUT2D eigenvalue weighted by molar-refractivity contribution is 6.32. The molecule has 0 amide bonds. The summed E-state index contributed by atoms with van der Waals surface area (Å²) in [4.78, 5) is 12.5. The van der Waals surface area contributed by atoms with Gasteiger partial charge in [0.1, 0.15) is 12.4 Å². The van der Waals surface area contributed by atoms with E-state index in [1.165, 1.54) is 0 Å². The summed E-state index contributed by atoms with van der Waals surface area (Å²) in [6.45, 7) is 1.17. The van der Waals surface area contributed by atoms with Crippen LogP contribution in [0.5, 0.6) is 5.75 Å². The summed E-state index contributed by atoms with van der Waals surface area (Å²) < 4.78 is 7.88. The van der Waals surface area contributed by atoms with E-state index in [4.69, 9.17) is 16.3 Å². The van der Waals surface area contributed by atoms with Crippen LogP contribution in [-0.4, -0.2) is 17.0 Å². The van der Waals surface area contributed by atoms with Gasteiger partial charge < -0.3 is 9.30 Å². The third-order valence-corrected chi connectivity index (χ3v) is 4.74. The van der Waals surface area contributed by atoms with E-state index < -0.39 is 0 Å². The van der Waals surface area contributed by atoms with Gasteiger partial charge in [0.25, 0.3) is 0 Å². The predicted octanol–water partition coefficient (Wildman–Crippen LogP) is 4.97. The Hall–Kier alpha value is -2.26. The van der Waals surface area contributed by atoms with E-state index in [1.807, 2.05) is 48.7 Å². The lowest BCUT2D eigenvalue weighted by Gasteiger charge is -2.09. The molecule has 0 N–H and O–H groups in total. The SMILES string of the molecule is O=C(c1cn(CCOc2ccccc2Cl)c2ccccc12)C1CC1. The summed E-state index contributed by atoms with van der Waals surface area (Å²) in [5.74, 6) is 1.19. The van der Waals surface area contributed by atoms with Crippen LogP contribution in [0.1, 0.15) is 23.2 Å². The maximum atomic E-state index is 12.5. The fourth-order valence-corrected chi connectivity index (χ4v) is 3.20. The second kappa shape index (κ2) is 6.33. The van der Waals surface area contributed by atoms with Crippen molar-refractivity contribution in [1.82, 2.24) is 4.57 Å². The third-order valence-electron chi connectivity index (χ3n) is 4.43. The molecule has 0 spiro atoms. The lowest BCUT2D eigenvalue weighted by molar-refractivity contribution is 0.0969. The van der Waals surface area contributed by atoms with Crippen molar-refractivity contribution < 1.29 is 9.53 Å². The lowest BCUT2D eigenvalue weighted by Crippen LogP contribution is -2.07. The van der Waals surface area contributed by atoms with Gasteiger partial charge in [-0.25, -0.2) is 0 Å². The van der Waals surface area contributed by atoms with Crippen LogP contribution in [0.25, 0.3) is 10.9 Å². The maximum absolute atomic E-state index is 12.5. The van der Waals surface area contributed by atoms with E-state index in [1.54, 1.807) is 0 Å². The van der Waals surface area contributed by atoms with Crippen molar-refractivity contribution in [1.29, 1.82) is 0 Å². The van der Waals surface area contributed by atoms with Crippen molar-refractivity contribution in [3.8, 4) is 5.75 Å². The van der Waals surface area contributed by atoms with Crippen LogP contribution in [0, 0.1) is 5.92 Å². The van der Waals surface area contributed by atoms with E-state index >= 15 is 0 Å². The Labute approximate surface area is 145 Å². The Balaban J connectivity index is 1.55. The molecule has 1 aliphatic carbocycles. The number of para-hydroxylation sites is 2. The Morgan fingerprint density at radius 1 is 1.12 bits per heavy atom. The molecule has 1 heterocycles. The molecular weight excluding hydrogens is 322 g/mol. The minimum absolute atomic E-state index is 0.226. The van der Waals surface area contributed by atoms with Crippen LogP contribution in [0.15, 0.2) is 54.7 Å². The summed E-state index contributed by atoms with van der Waals surface area (Å²) in [5.41, 5.74) is 1.91. The number of fused-ring (bicyclic) bond motifs is 1. The number of ketones is 1. The molecule has 1 saturated carbocycles. The average Bonchev–Trinajstić information content (AvgIpc) is 3.39. The molecule has 4 heteroatoms. The molecule has 0 saturated heterocycles. The molecule has 0 unspecified atom stereocenters. The van der Waals surface area contributed by atoms with Crippen LogP contribution in [0.2, 0.25) is 5.02 Å². The first kappa shape index (κ1) is 15.3. The van der Waals surface area contributed by atoms with Gasteiger partial charge in [0.05, 0.1) is 11.6 Å². The maximum Gasteiger partial charge on any atom is 0.168 e. The molecule has 1 fully saturated rings. The van der Waals surface area contributed by atoms with Gasteiger partial charge in [0.2, 0.25) is 0 Å². The minimum atomic E-state index is 0.226. The van der Waals surface area contributed by atoms with Crippen molar-refractivity contribution in [3.63, 3.8) is 0 Å². The van der Waals surface area contributed by atoms with E-state index in [0.29, 0.717) is 23.9 Å². The van der Waals surface area contributed by atoms with Crippen molar-refractivity contribution in [2.45, 2.75) is 19.4 Å². The van der Waals surface area contributed by atoms with Crippen molar-refractivity contribution >= 4 is 28.3 Å². The molecule has 24 heavy (non-hydrogen) atoms. The standard InChI is InChI=1S/C20H18ClNO2/c21-17-6-2-4-8-19(17)24-12-11-22-13-16(20(23)14-9-10-14)15-5-1-3-7-18(15)22/h1-8,13-14H,9-12H2. The number of carbonyl (C=O) groups is 1. The summed E-state index contributed by atoms with van der Waals surface area (Å²) in [6.07, 6.45) is 4.02. The smallest absolute Gasteiger partial charge is 0.168 e. The number of nitrogens with zero attached hydrogens (tertiary/aromatic N) is 1. The molecule has 4 rings (SSSR count). The molecule has 0 atom stereocenters. The number of rotatable bonds is 6. The zero-order valence-corrected chi connectivity index (χ0v) is 14.0. The fourth-order valence-electron chi connectivity index (χ4n) is 3.01. The van der Waals surface area contributed by atoms with Gasteiger partial charge in [0, 0.05) is 28.6 Å². The second-order valence-corrected chi connectivity index (χ2v) is 6.58. The minimum Gasteiger partial charge on any atom is -0.490 e. The number of hydrogen-bond donors (Lipinski definition) is 0. The Bertz CT molecular complexity index is 896. The first-order chi connectivity index (χ1) is 11.7. The molecule has 1 aromatic heterocycles. The first-order valence-electron chi connectivity index (χ1n) is 8.23. The van der Waals surface area contributed by atoms with Crippen LogP contribution in [0.3, 0.4) is 0 Å². The zero-order chi connectivity index (χ0) is 16.5. The number of halogens is 1. The zero-order valence-electron chi connectivity index (χ0n) is 13.2. The normalized spacial score (nSPS) is 14.0. The van der Waals surface area contributed by atoms with Gasteiger partial charge in [-0.1, -0.05) is 41.9 Å². The van der Waals surface area contributed by atoms with E-state index in [9.17, 15) is 4.79 Å². The number of aromatic nitrogens is 1.